The maximum atomic E-state index is 5.65. The van der Waals surface area contributed by atoms with Gasteiger partial charge in [-0.15, -0.1) is 0 Å². The second-order valence-corrected chi connectivity index (χ2v) is 3.18. The summed E-state index contributed by atoms with van der Waals surface area (Å²) in [6, 6.07) is 2.11. The smallest absolute Gasteiger partial charge is 0.0596 e. The molecule has 0 amide bonds. The lowest BCUT2D eigenvalue weighted by Crippen LogP contribution is -2.14. The molecule has 0 aliphatic heterocycles. The Morgan fingerprint density at radius 3 is 2.67 bits per heavy atom. The highest BCUT2D eigenvalue weighted by atomic mass is 15.3. The molecule has 0 radical (unpaired) electrons. The molecule has 68 valence electrons. The molecule has 1 rings (SSSR count). The zero-order valence-electron chi connectivity index (χ0n) is 8.04. The fourth-order valence-electron chi connectivity index (χ4n) is 1.51. The molecule has 0 aliphatic rings. The number of hydrogen-bond donors (Lipinski definition) is 1. The highest BCUT2D eigenvalue weighted by Crippen LogP contribution is 2.17. The summed E-state index contributed by atoms with van der Waals surface area (Å²) in [6.07, 6.45) is 1.08. The van der Waals surface area contributed by atoms with E-state index >= 15 is 0 Å². The Hall–Kier alpha value is -0.830. The maximum absolute atomic E-state index is 5.65. The molecule has 3 nitrogen and oxygen atoms in total. The zero-order chi connectivity index (χ0) is 9.14. The van der Waals surface area contributed by atoms with E-state index in [0.717, 1.165) is 12.1 Å². The molecule has 1 aromatic heterocycles. The van der Waals surface area contributed by atoms with Gasteiger partial charge in [0, 0.05) is 25.2 Å². The first kappa shape index (κ1) is 9.26. The summed E-state index contributed by atoms with van der Waals surface area (Å²) in [6.45, 7) is 4.86. The van der Waals surface area contributed by atoms with Crippen LogP contribution in [0, 0.1) is 6.92 Å². The molecule has 0 aliphatic carbocycles. The molecule has 0 bridgehead atoms. The van der Waals surface area contributed by atoms with Crippen molar-refractivity contribution in [1.29, 1.82) is 0 Å². The topological polar surface area (TPSA) is 43.8 Å². The second kappa shape index (κ2) is 3.72. The van der Waals surface area contributed by atoms with E-state index in [1.165, 1.54) is 5.69 Å². The first-order valence-corrected chi connectivity index (χ1v) is 4.39. The van der Waals surface area contributed by atoms with E-state index in [1.807, 2.05) is 18.7 Å². The van der Waals surface area contributed by atoms with Gasteiger partial charge in [0.05, 0.1) is 5.69 Å². The quantitative estimate of drug-likeness (QED) is 0.734. The summed E-state index contributed by atoms with van der Waals surface area (Å²) in [5.74, 6) is 0.455. The van der Waals surface area contributed by atoms with E-state index in [2.05, 4.69) is 18.1 Å². The van der Waals surface area contributed by atoms with Gasteiger partial charge in [-0.25, -0.2) is 0 Å². The van der Waals surface area contributed by atoms with Crippen LogP contribution in [0.15, 0.2) is 6.07 Å². The standard InChI is InChI=1S/C9H17N3/c1-4-8(6-10)9-5-7(2)11-12(9)3/h5,8H,4,6,10H2,1-3H3. The molecule has 1 unspecified atom stereocenters. The van der Waals surface area contributed by atoms with Crippen molar-refractivity contribution < 1.29 is 0 Å². The fourth-order valence-corrected chi connectivity index (χ4v) is 1.51. The molecule has 12 heavy (non-hydrogen) atoms. The lowest BCUT2D eigenvalue weighted by Gasteiger charge is -2.11. The molecule has 1 atom stereocenters. The van der Waals surface area contributed by atoms with E-state index in [0.29, 0.717) is 12.5 Å². The largest absolute Gasteiger partial charge is 0.330 e. The number of aryl methyl sites for hydroxylation is 2. The van der Waals surface area contributed by atoms with Crippen LogP contribution in [0.2, 0.25) is 0 Å². The fraction of sp³-hybridized carbons (Fsp3) is 0.667. The van der Waals surface area contributed by atoms with Crippen LogP contribution >= 0.6 is 0 Å². The van der Waals surface area contributed by atoms with Gasteiger partial charge in [0.1, 0.15) is 0 Å². The van der Waals surface area contributed by atoms with Crippen LogP contribution < -0.4 is 5.73 Å². The molecule has 1 aromatic rings. The van der Waals surface area contributed by atoms with Crippen LogP contribution in [-0.4, -0.2) is 16.3 Å². The minimum atomic E-state index is 0.455. The molecule has 1 heterocycles. The Labute approximate surface area is 73.6 Å². The molecule has 0 aromatic carbocycles. The molecule has 3 heteroatoms. The predicted molar refractivity (Wildman–Crippen MR) is 50.0 cm³/mol. The minimum absolute atomic E-state index is 0.455. The third kappa shape index (κ3) is 1.67. The number of nitrogens with two attached hydrogens (primary N) is 1. The number of aromatic nitrogens is 2. The summed E-state index contributed by atoms with van der Waals surface area (Å²) in [7, 11) is 1.97. The molecule has 0 saturated heterocycles. The van der Waals surface area contributed by atoms with Crippen LogP contribution in [0.1, 0.15) is 30.7 Å². The number of rotatable bonds is 3. The summed E-state index contributed by atoms with van der Waals surface area (Å²) in [4.78, 5) is 0. The van der Waals surface area contributed by atoms with Crippen molar-refractivity contribution >= 4 is 0 Å². The average molecular weight is 167 g/mol. The normalized spacial score (nSPS) is 13.3. The Bertz CT molecular complexity index is 248. The van der Waals surface area contributed by atoms with E-state index in [1.54, 1.807) is 0 Å². The zero-order valence-corrected chi connectivity index (χ0v) is 8.04. The highest BCUT2D eigenvalue weighted by Gasteiger charge is 2.11. The number of hydrogen-bond acceptors (Lipinski definition) is 2. The first-order chi connectivity index (χ1) is 5.69. The van der Waals surface area contributed by atoms with Crippen LogP contribution in [0.5, 0.6) is 0 Å². The summed E-state index contributed by atoms with van der Waals surface area (Å²) < 4.78 is 1.93. The third-order valence-corrected chi connectivity index (χ3v) is 2.23. The van der Waals surface area contributed by atoms with Gasteiger partial charge in [0.2, 0.25) is 0 Å². The summed E-state index contributed by atoms with van der Waals surface area (Å²) in [5.41, 5.74) is 7.97. The molecule has 0 spiro atoms. The van der Waals surface area contributed by atoms with Gasteiger partial charge in [-0.3, -0.25) is 4.68 Å². The van der Waals surface area contributed by atoms with Crippen LogP contribution in [0.3, 0.4) is 0 Å². The average Bonchev–Trinajstić information content (AvgIpc) is 2.34. The maximum Gasteiger partial charge on any atom is 0.0596 e. The van der Waals surface area contributed by atoms with E-state index in [4.69, 9.17) is 5.73 Å². The van der Waals surface area contributed by atoms with Crippen LogP contribution in [-0.2, 0) is 7.05 Å². The van der Waals surface area contributed by atoms with Crippen molar-refractivity contribution in [1.82, 2.24) is 9.78 Å². The van der Waals surface area contributed by atoms with Crippen LogP contribution in [0.4, 0.5) is 0 Å². The minimum Gasteiger partial charge on any atom is -0.330 e. The van der Waals surface area contributed by atoms with Crippen LogP contribution in [0.25, 0.3) is 0 Å². The molecular formula is C9H17N3. The predicted octanol–water partition coefficient (Wildman–Crippen LogP) is 1.18. The van der Waals surface area contributed by atoms with Gasteiger partial charge in [-0.1, -0.05) is 6.92 Å². The Morgan fingerprint density at radius 2 is 2.33 bits per heavy atom. The summed E-state index contributed by atoms with van der Waals surface area (Å²) in [5, 5.41) is 4.29. The van der Waals surface area contributed by atoms with E-state index in [9.17, 15) is 0 Å². The molecular weight excluding hydrogens is 150 g/mol. The lowest BCUT2D eigenvalue weighted by molar-refractivity contribution is 0.593. The first-order valence-electron chi connectivity index (χ1n) is 4.39. The second-order valence-electron chi connectivity index (χ2n) is 3.18. The number of nitrogens with zero attached hydrogens (tertiary/aromatic N) is 2. The summed E-state index contributed by atoms with van der Waals surface area (Å²) >= 11 is 0. The van der Waals surface area contributed by atoms with Gasteiger partial charge in [0.15, 0.2) is 0 Å². The molecule has 0 saturated carbocycles. The van der Waals surface area contributed by atoms with Gasteiger partial charge >= 0.3 is 0 Å². The monoisotopic (exact) mass is 167 g/mol. The Morgan fingerprint density at radius 1 is 1.67 bits per heavy atom. The van der Waals surface area contributed by atoms with Crippen molar-refractivity contribution in [2.75, 3.05) is 6.54 Å². The SMILES string of the molecule is CCC(CN)c1cc(C)nn1C. The van der Waals surface area contributed by atoms with Crippen molar-refractivity contribution in [3.05, 3.63) is 17.5 Å². The van der Waals surface area contributed by atoms with Crippen molar-refractivity contribution in [3.63, 3.8) is 0 Å². The van der Waals surface area contributed by atoms with Crippen molar-refractivity contribution in [2.24, 2.45) is 12.8 Å². The van der Waals surface area contributed by atoms with E-state index in [-0.39, 0.29) is 0 Å². The molecule has 2 N–H and O–H groups in total. The van der Waals surface area contributed by atoms with E-state index < -0.39 is 0 Å². The van der Waals surface area contributed by atoms with Crippen molar-refractivity contribution in [3.8, 4) is 0 Å². The third-order valence-electron chi connectivity index (χ3n) is 2.23. The van der Waals surface area contributed by atoms with Gasteiger partial charge in [-0.2, -0.15) is 5.10 Å². The Kier molecular flexibility index (Phi) is 2.87. The Balaban J connectivity index is 2.91. The molecule has 0 fully saturated rings. The lowest BCUT2D eigenvalue weighted by atomic mass is 10.0. The highest BCUT2D eigenvalue weighted by molar-refractivity contribution is 5.13. The van der Waals surface area contributed by atoms with Crippen molar-refractivity contribution in [2.45, 2.75) is 26.2 Å². The van der Waals surface area contributed by atoms with Gasteiger partial charge < -0.3 is 5.73 Å². The van der Waals surface area contributed by atoms with Gasteiger partial charge in [-0.05, 0) is 19.4 Å². The van der Waals surface area contributed by atoms with Gasteiger partial charge in [0.25, 0.3) is 0 Å².